The lowest BCUT2D eigenvalue weighted by molar-refractivity contribution is 0.321. The Morgan fingerprint density at radius 3 is 2.47 bits per heavy atom. The standard InChI is InChI=1S/C22H28N4O3S/c1-16-19(20-6-4-5-7-21(20)26-16)12-13-24-22(23-2)25-14-15-29-17-8-10-18(11-9-17)30(3,27)28/h4-11,26H,12-15H2,1-3H3,(H2,23,24,25). The highest BCUT2D eigenvalue weighted by Gasteiger charge is 2.08. The summed E-state index contributed by atoms with van der Waals surface area (Å²) in [6.07, 6.45) is 2.07. The molecule has 1 heterocycles. The second kappa shape index (κ2) is 9.67. The van der Waals surface area contributed by atoms with Gasteiger partial charge < -0.3 is 20.4 Å². The van der Waals surface area contributed by atoms with Crippen molar-refractivity contribution in [3.8, 4) is 5.75 Å². The Morgan fingerprint density at radius 2 is 1.77 bits per heavy atom. The summed E-state index contributed by atoms with van der Waals surface area (Å²) in [6.45, 7) is 3.86. The molecule has 0 bridgehead atoms. The van der Waals surface area contributed by atoms with E-state index in [-0.39, 0.29) is 4.90 Å². The van der Waals surface area contributed by atoms with Crippen LogP contribution in [0.2, 0.25) is 0 Å². The Hall–Kier alpha value is -3.00. The van der Waals surface area contributed by atoms with Gasteiger partial charge >= 0.3 is 0 Å². The van der Waals surface area contributed by atoms with Gasteiger partial charge in [0.05, 0.1) is 11.4 Å². The van der Waals surface area contributed by atoms with Crippen LogP contribution in [0.15, 0.2) is 58.4 Å². The van der Waals surface area contributed by atoms with Gasteiger partial charge in [0.2, 0.25) is 0 Å². The van der Waals surface area contributed by atoms with E-state index in [0.717, 1.165) is 18.5 Å². The minimum Gasteiger partial charge on any atom is -0.492 e. The molecular formula is C22H28N4O3S. The van der Waals surface area contributed by atoms with E-state index in [2.05, 4.69) is 45.7 Å². The van der Waals surface area contributed by atoms with Gasteiger partial charge in [-0.05, 0) is 49.2 Å². The molecule has 0 aliphatic carbocycles. The highest BCUT2D eigenvalue weighted by Crippen LogP contribution is 2.21. The van der Waals surface area contributed by atoms with Crippen molar-refractivity contribution < 1.29 is 13.2 Å². The molecule has 0 aliphatic rings. The van der Waals surface area contributed by atoms with E-state index in [1.807, 2.05) is 6.07 Å². The second-order valence-electron chi connectivity index (χ2n) is 7.04. The van der Waals surface area contributed by atoms with Crippen LogP contribution < -0.4 is 15.4 Å². The predicted molar refractivity (Wildman–Crippen MR) is 121 cm³/mol. The number of hydrogen-bond donors (Lipinski definition) is 3. The Labute approximate surface area is 177 Å². The summed E-state index contributed by atoms with van der Waals surface area (Å²) < 4.78 is 28.6. The average molecular weight is 429 g/mol. The molecular weight excluding hydrogens is 400 g/mol. The number of guanidine groups is 1. The number of benzene rings is 2. The minimum absolute atomic E-state index is 0.281. The third kappa shape index (κ3) is 5.54. The number of aliphatic imine (C=N–C) groups is 1. The van der Waals surface area contributed by atoms with Gasteiger partial charge in [0.1, 0.15) is 12.4 Å². The van der Waals surface area contributed by atoms with Gasteiger partial charge in [-0.2, -0.15) is 0 Å². The molecule has 1 aromatic heterocycles. The molecule has 8 heteroatoms. The molecule has 0 saturated carbocycles. The van der Waals surface area contributed by atoms with Crippen molar-refractivity contribution in [3.63, 3.8) is 0 Å². The van der Waals surface area contributed by atoms with Gasteiger partial charge in [-0.25, -0.2) is 8.42 Å². The normalized spacial score (nSPS) is 12.2. The highest BCUT2D eigenvalue weighted by molar-refractivity contribution is 7.90. The quantitative estimate of drug-likeness (QED) is 0.291. The molecule has 0 saturated heterocycles. The van der Waals surface area contributed by atoms with Crippen molar-refractivity contribution in [2.24, 2.45) is 4.99 Å². The molecule has 3 rings (SSSR count). The zero-order valence-corrected chi connectivity index (χ0v) is 18.3. The van der Waals surface area contributed by atoms with E-state index in [9.17, 15) is 8.42 Å². The monoisotopic (exact) mass is 428 g/mol. The highest BCUT2D eigenvalue weighted by atomic mass is 32.2. The lowest BCUT2D eigenvalue weighted by atomic mass is 10.1. The number of rotatable bonds is 8. The van der Waals surface area contributed by atoms with Gasteiger partial charge in [-0.15, -0.1) is 0 Å². The molecule has 30 heavy (non-hydrogen) atoms. The summed E-state index contributed by atoms with van der Waals surface area (Å²) in [5, 5.41) is 7.80. The molecule has 3 aromatic rings. The van der Waals surface area contributed by atoms with Gasteiger partial charge in [0, 0.05) is 36.4 Å². The number of ether oxygens (including phenoxy) is 1. The fraction of sp³-hybridized carbons (Fsp3) is 0.318. The number of fused-ring (bicyclic) bond motifs is 1. The SMILES string of the molecule is CN=C(NCCOc1ccc(S(C)(=O)=O)cc1)NCCc1c(C)[nH]c2ccccc12. The molecule has 0 amide bonds. The Balaban J connectivity index is 1.42. The smallest absolute Gasteiger partial charge is 0.191 e. The van der Waals surface area contributed by atoms with Gasteiger partial charge in [-0.3, -0.25) is 4.99 Å². The van der Waals surface area contributed by atoms with Crippen LogP contribution in [0, 0.1) is 6.92 Å². The predicted octanol–water partition coefficient (Wildman–Crippen LogP) is 2.67. The van der Waals surface area contributed by atoms with Crippen LogP contribution in [0.4, 0.5) is 0 Å². The van der Waals surface area contributed by atoms with Gasteiger partial charge in [0.25, 0.3) is 0 Å². The van der Waals surface area contributed by atoms with Crippen molar-refractivity contribution >= 4 is 26.7 Å². The molecule has 0 unspecified atom stereocenters. The van der Waals surface area contributed by atoms with Crippen LogP contribution in [-0.2, 0) is 16.3 Å². The molecule has 0 atom stereocenters. The molecule has 0 radical (unpaired) electrons. The molecule has 0 aliphatic heterocycles. The molecule has 7 nitrogen and oxygen atoms in total. The Morgan fingerprint density at radius 1 is 1.07 bits per heavy atom. The Kier molecular flexibility index (Phi) is 6.99. The van der Waals surface area contributed by atoms with E-state index >= 15 is 0 Å². The molecule has 0 fully saturated rings. The van der Waals surface area contributed by atoms with Crippen molar-refractivity contribution in [3.05, 3.63) is 59.8 Å². The number of aromatic nitrogens is 1. The number of aromatic amines is 1. The van der Waals surface area contributed by atoms with Gasteiger partial charge in [0.15, 0.2) is 15.8 Å². The minimum atomic E-state index is -3.19. The summed E-state index contributed by atoms with van der Waals surface area (Å²) >= 11 is 0. The average Bonchev–Trinajstić information content (AvgIpc) is 3.04. The topological polar surface area (TPSA) is 95.6 Å². The number of aryl methyl sites for hydroxylation is 1. The molecule has 3 N–H and O–H groups in total. The van der Waals surface area contributed by atoms with Crippen LogP contribution in [0.3, 0.4) is 0 Å². The van der Waals surface area contributed by atoms with E-state index in [0.29, 0.717) is 24.9 Å². The molecule has 2 aromatic carbocycles. The number of para-hydroxylation sites is 1. The fourth-order valence-corrected chi connectivity index (χ4v) is 3.94. The van der Waals surface area contributed by atoms with Crippen LogP contribution in [0.1, 0.15) is 11.3 Å². The third-order valence-corrected chi connectivity index (χ3v) is 5.96. The van der Waals surface area contributed by atoms with E-state index in [1.165, 1.54) is 22.9 Å². The third-order valence-electron chi connectivity index (χ3n) is 4.83. The maximum absolute atomic E-state index is 11.5. The Bertz CT molecular complexity index is 1120. The summed E-state index contributed by atoms with van der Waals surface area (Å²) in [5.74, 6) is 1.34. The lowest BCUT2D eigenvalue weighted by Gasteiger charge is -2.13. The van der Waals surface area contributed by atoms with Crippen molar-refractivity contribution in [1.82, 2.24) is 15.6 Å². The number of nitrogens with zero attached hydrogens (tertiary/aromatic N) is 1. The lowest BCUT2D eigenvalue weighted by Crippen LogP contribution is -2.40. The first-order valence-electron chi connectivity index (χ1n) is 9.82. The van der Waals surface area contributed by atoms with Crippen molar-refractivity contribution in [2.45, 2.75) is 18.2 Å². The van der Waals surface area contributed by atoms with Crippen molar-refractivity contribution in [2.75, 3.05) is 33.0 Å². The maximum atomic E-state index is 11.5. The first-order valence-corrected chi connectivity index (χ1v) is 11.7. The maximum Gasteiger partial charge on any atom is 0.191 e. The summed E-state index contributed by atoms with van der Waals surface area (Å²) in [5.41, 5.74) is 3.67. The van der Waals surface area contributed by atoms with Crippen LogP contribution in [-0.4, -0.2) is 52.4 Å². The molecule has 0 spiro atoms. The van der Waals surface area contributed by atoms with E-state index < -0.39 is 9.84 Å². The number of sulfone groups is 1. The molecule has 160 valence electrons. The van der Waals surface area contributed by atoms with Crippen LogP contribution >= 0.6 is 0 Å². The second-order valence-corrected chi connectivity index (χ2v) is 9.06. The van der Waals surface area contributed by atoms with E-state index in [4.69, 9.17) is 4.74 Å². The fourth-order valence-electron chi connectivity index (χ4n) is 3.30. The van der Waals surface area contributed by atoms with Crippen LogP contribution in [0.5, 0.6) is 5.75 Å². The largest absolute Gasteiger partial charge is 0.492 e. The van der Waals surface area contributed by atoms with Crippen molar-refractivity contribution in [1.29, 1.82) is 0 Å². The summed E-state index contributed by atoms with van der Waals surface area (Å²) in [7, 11) is -1.46. The zero-order chi connectivity index (χ0) is 21.6. The first-order chi connectivity index (χ1) is 14.4. The van der Waals surface area contributed by atoms with E-state index in [1.54, 1.807) is 31.3 Å². The van der Waals surface area contributed by atoms with Crippen LogP contribution in [0.25, 0.3) is 10.9 Å². The zero-order valence-electron chi connectivity index (χ0n) is 17.5. The van der Waals surface area contributed by atoms with Gasteiger partial charge in [-0.1, -0.05) is 18.2 Å². The number of H-pyrrole nitrogens is 1. The summed E-state index contributed by atoms with van der Waals surface area (Å²) in [6, 6.07) is 14.7. The summed E-state index contributed by atoms with van der Waals surface area (Å²) in [4.78, 5) is 7.94. The number of hydrogen-bond acceptors (Lipinski definition) is 4. The number of nitrogens with one attached hydrogen (secondary N) is 3. The first kappa shape index (κ1) is 21.7.